The second kappa shape index (κ2) is 7.34. The number of aliphatic hydroxyl groups is 1. The van der Waals surface area contributed by atoms with E-state index in [4.69, 9.17) is 9.84 Å². The van der Waals surface area contributed by atoms with Crippen LogP contribution in [0, 0.1) is 0 Å². The highest BCUT2D eigenvalue weighted by Crippen LogP contribution is 2.39. The normalized spacial score (nSPS) is 17.8. The Bertz CT molecular complexity index is 680. The van der Waals surface area contributed by atoms with Gasteiger partial charge in [-0.05, 0) is 34.1 Å². The maximum absolute atomic E-state index is 14.7. The molecule has 0 fully saturated rings. The topological polar surface area (TPSA) is 78.5 Å². The molecule has 0 aromatic carbocycles. The van der Waals surface area contributed by atoms with E-state index in [-0.39, 0.29) is 36.9 Å². The third kappa shape index (κ3) is 4.60. The molecule has 0 unspecified atom stereocenters. The number of amides is 1. The van der Waals surface area contributed by atoms with Gasteiger partial charge in [-0.1, -0.05) is 12.2 Å². The lowest BCUT2D eigenvalue weighted by atomic mass is 9.95. The largest absolute Gasteiger partial charge is 0.444 e. The van der Waals surface area contributed by atoms with Crippen LogP contribution in [0.2, 0.25) is 0 Å². The molecule has 26 heavy (non-hydrogen) atoms. The monoisotopic (exact) mass is 371 g/mol. The van der Waals surface area contributed by atoms with Crippen molar-refractivity contribution in [1.82, 2.24) is 15.1 Å². The molecular weight excluding hydrogens is 344 g/mol. The lowest BCUT2D eigenvalue weighted by Gasteiger charge is -2.35. The number of H-pyrrole nitrogens is 1. The fraction of sp³-hybridized carbons (Fsp3) is 0.667. The van der Waals surface area contributed by atoms with Crippen molar-refractivity contribution in [2.24, 2.45) is 0 Å². The van der Waals surface area contributed by atoms with E-state index in [2.05, 4.69) is 16.8 Å². The molecule has 0 bridgehead atoms. The highest BCUT2D eigenvalue weighted by atomic mass is 19.3. The lowest BCUT2D eigenvalue weighted by molar-refractivity contribution is -0.0126. The molecule has 2 rings (SSSR count). The van der Waals surface area contributed by atoms with E-state index in [1.54, 1.807) is 20.8 Å². The number of aliphatic hydroxyl groups excluding tert-OH is 1. The van der Waals surface area contributed by atoms with Crippen LogP contribution in [0.5, 0.6) is 0 Å². The molecule has 1 aliphatic heterocycles. The van der Waals surface area contributed by atoms with Crippen molar-refractivity contribution in [3.05, 3.63) is 29.1 Å². The highest BCUT2D eigenvalue weighted by Gasteiger charge is 2.41. The van der Waals surface area contributed by atoms with E-state index in [1.165, 1.54) is 4.90 Å². The minimum Gasteiger partial charge on any atom is -0.444 e. The van der Waals surface area contributed by atoms with Gasteiger partial charge in [0.05, 0.1) is 6.54 Å². The van der Waals surface area contributed by atoms with Crippen LogP contribution in [0.4, 0.5) is 13.6 Å². The molecule has 1 atom stereocenters. The Morgan fingerprint density at radius 2 is 2.12 bits per heavy atom. The van der Waals surface area contributed by atoms with Crippen LogP contribution in [0.1, 0.15) is 57.5 Å². The maximum Gasteiger partial charge on any atom is 0.410 e. The van der Waals surface area contributed by atoms with Gasteiger partial charge in [0.2, 0.25) is 0 Å². The minimum atomic E-state index is -3.23. The Balaban J connectivity index is 2.24. The standard InChI is InChI=1S/C18H27F2N3O3/c1-11(6-7-24)9-18(19,20)15-13-10-23(16(25)26-17(3,4)5)12(2)8-14(13)21-22-15/h12,24H,1,6-10H2,2-5H3,(H,21,22)/t12-/m1/s1. The number of aromatic amines is 1. The number of hydrogen-bond acceptors (Lipinski definition) is 4. The average molecular weight is 371 g/mol. The average Bonchev–Trinajstić information content (AvgIpc) is 2.87. The quantitative estimate of drug-likeness (QED) is 0.777. The van der Waals surface area contributed by atoms with Crippen molar-refractivity contribution in [3.8, 4) is 0 Å². The summed E-state index contributed by atoms with van der Waals surface area (Å²) in [5, 5.41) is 15.4. The van der Waals surface area contributed by atoms with Gasteiger partial charge in [-0.25, -0.2) is 4.79 Å². The van der Waals surface area contributed by atoms with Gasteiger partial charge in [-0.15, -0.1) is 0 Å². The molecule has 1 aromatic heterocycles. The van der Waals surface area contributed by atoms with Gasteiger partial charge < -0.3 is 14.7 Å². The Morgan fingerprint density at radius 1 is 1.46 bits per heavy atom. The first-order valence-electron chi connectivity index (χ1n) is 8.66. The molecular formula is C18H27F2N3O3. The van der Waals surface area contributed by atoms with Gasteiger partial charge in [-0.2, -0.15) is 13.9 Å². The lowest BCUT2D eigenvalue weighted by Crippen LogP contribution is -2.45. The number of halogens is 2. The molecule has 0 saturated heterocycles. The van der Waals surface area contributed by atoms with Crippen LogP contribution in [0.3, 0.4) is 0 Å². The van der Waals surface area contributed by atoms with E-state index in [0.717, 1.165) is 0 Å². The summed E-state index contributed by atoms with van der Waals surface area (Å²) >= 11 is 0. The number of aromatic nitrogens is 2. The number of rotatable bonds is 5. The molecule has 0 aliphatic carbocycles. The Labute approximate surface area is 152 Å². The zero-order chi connectivity index (χ0) is 19.7. The number of nitrogens with one attached hydrogen (secondary N) is 1. The van der Waals surface area contributed by atoms with Gasteiger partial charge in [-0.3, -0.25) is 5.10 Å². The zero-order valence-electron chi connectivity index (χ0n) is 15.7. The number of ether oxygens (including phenoxy) is 1. The predicted molar refractivity (Wildman–Crippen MR) is 92.9 cm³/mol. The highest BCUT2D eigenvalue weighted by molar-refractivity contribution is 5.69. The predicted octanol–water partition coefficient (Wildman–Crippen LogP) is 3.51. The molecule has 1 amide bonds. The van der Waals surface area contributed by atoms with Gasteiger partial charge in [0.1, 0.15) is 11.3 Å². The first-order valence-corrected chi connectivity index (χ1v) is 8.66. The molecule has 0 radical (unpaired) electrons. The van der Waals surface area contributed by atoms with E-state index in [1.807, 2.05) is 6.92 Å². The number of fused-ring (bicyclic) bond motifs is 1. The third-order valence-corrected chi connectivity index (χ3v) is 4.22. The summed E-state index contributed by atoms with van der Waals surface area (Å²) in [6.07, 6.45) is -0.610. The molecule has 0 spiro atoms. The Hall–Kier alpha value is -1.96. The van der Waals surface area contributed by atoms with Gasteiger partial charge in [0.15, 0.2) is 0 Å². The minimum absolute atomic E-state index is 0.0132. The molecule has 146 valence electrons. The number of hydrogen-bond donors (Lipinski definition) is 2. The van der Waals surface area contributed by atoms with E-state index in [0.29, 0.717) is 17.7 Å². The first-order chi connectivity index (χ1) is 11.9. The molecule has 0 saturated carbocycles. The van der Waals surface area contributed by atoms with Crippen LogP contribution in [0.25, 0.3) is 0 Å². The summed E-state index contributed by atoms with van der Waals surface area (Å²) in [7, 11) is 0. The zero-order valence-corrected chi connectivity index (χ0v) is 15.7. The summed E-state index contributed by atoms with van der Waals surface area (Å²) < 4.78 is 34.8. The second-order valence-electron chi connectivity index (χ2n) is 7.80. The Kier molecular flexibility index (Phi) is 5.75. The molecule has 8 heteroatoms. The smallest absolute Gasteiger partial charge is 0.410 e. The van der Waals surface area contributed by atoms with Crippen LogP contribution in [-0.4, -0.2) is 44.5 Å². The third-order valence-electron chi connectivity index (χ3n) is 4.22. The number of carbonyl (C=O) groups is 1. The summed E-state index contributed by atoms with van der Waals surface area (Å²) in [5.74, 6) is -3.23. The first kappa shape index (κ1) is 20.4. The maximum atomic E-state index is 14.7. The summed E-state index contributed by atoms with van der Waals surface area (Å²) in [4.78, 5) is 13.9. The van der Waals surface area contributed by atoms with Crippen LogP contribution >= 0.6 is 0 Å². The summed E-state index contributed by atoms with van der Waals surface area (Å²) in [6, 6.07) is -0.191. The molecule has 2 N–H and O–H groups in total. The molecule has 1 aromatic rings. The van der Waals surface area contributed by atoms with Crippen molar-refractivity contribution in [3.63, 3.8) is 0 Å². The number of alkyl halides is 2. The van der Waals surface area contributed by atoms with Crippen molar-refractivity contribution in [2.75, 3.05) is 6.61 Å². The van der Waals surface area contributed by atoms with Crippen molar-refractivity contribution >= 4 is 6.09 Å². The number of carbonyl (C=O) groups excluding carboxylic acids is 1. The Morgan fingerprint density at radius 3 is 2.69 bits per heavy atom. The summed E-state index contributed by atoms with van der Waals surface area (Å²) in [6.45, 7) is 10.5. The molecule has 2 heterocycles. The fourth-order valence-corrected chi connectivity index (χ4v) is 2.98. The molecule has 6 nitrogen and oxygen atoms in total. The van der Waals surface area contributed by atoms with Crippen molar-refractivity contribution < 1.29 is 23.4 Å². The SMILES string of the molecule is C=C(CCO)CC(F)(F)c1n[nH]c2c1CN(C(=O)OC(C)(C)C)[C@H](C)C2. The molecule has 1 aliphatic rings. The van der Waals surface area contributed by atoms with Crippen molar-refractivity contribution in [2.45, 2.75) is 71.1 Å². The van der Waals surface area contributed by atoms with Gasteiger partial charge >= 0.3 is 6.09 Å². The van der Waals surface area contributed by atoms with E-state index >= 15 is 0 Å². The van der Waals surface area contributed by atoms with E-state index in [9.17, 15) is 13.6 Å². The van der Waals surface area contributed by atoms with Crippen molar-refractivity contribution in [1.29, 1.82) is 0 Å². The van der Waals surface area contributed by atoms with E-state index < -0.39 is 24.0 Å². The fourth-order valence-electron chi connectivity index (χ4n) is 2.98. The number of nitrogens with zero attached hydrogens (tertiary/aromatic N) is 2. The van der Waals surface area contributed by atoms with Gasteiger partial charge in [0, 0.05) is 36.7 Å². The van der Waals surface area contributed by atoms with Gasteiger partial charge in [0.25, 0.3) is 5.92 Å². The summed E-state index contributed by atoms with van der Waals surface area (Å²) in [5.41, 5.74) is 0.160. The van der Waals surface area contributed by atoms with Crippen LogP contribution in [-0.2, 0) is 23.6 Å². The van der Waals surface area contributed by atoms with Crippen LogP contribution in [0.15, 0.2) is 12.2 Å². The van der Waals surface area contributed by atoms with Crippen LogP contribution < -0.4 is 0 Å². The second-order valence-corrected chi connectivity index (χ2v) is 7.80.